The van der Waals surface area contributed by atoms with Crippen LogP contribution in [0.1, 0.15) is 5.56 Å². The lowest BCUT2D eigenvalue weighted by Crippen LogP contribution is -2.29. The number of hydrogen-bond donors (Lipinski definition) is 0. The van der Waals surface area contributed by atoms with E-state index < -0.39 is 0 Å². The number of pyridine rings is 1. The van der Waals surface area contributed by atoms with Gasteiger partial charge in [0.2, 0.25) is 0 Å². The Morgan fingerprint density at radius 1 is 0.971 bits per heavy atom. The quantitative estimate of drug-likeness (QED) is 0.274. The van der Waals surface area contributed by atoms with E-state index in [1.807, 2.05) is 90.8 Å². The van der Waals surface area contributed by atoms with Crippen molar-refractivity contribution in [1.29, 1.82) is 0 Å². The summed E-state index contributed by atoms with van der Waals surface area (Å²) < 4.78 is 0. The molecule has 0 bridgehead atoms. The highest BCUT2D eigenvalue weighted by atomic mass is 35.5. The maximum absolute atomic E-state index is 13.8. The average Bonchev–Trinajstić information content (AvgIpc) is 3.35. The standard InChI is InChI=1S/C27H19ClN4OS2/c1-31-22-15-19(28)9-12-23(22)34-26(31)24-25(33)32(16-17-6-3-2-4-7-17)27(35-24)30-20-10-11-21-18(14-20)8-5-13-29-21/h2-15H,16H2,1H3/b26-24+,30-27?. The summed E-state index contributed by atoms with van der Waals surface area (Å²) >= 11 is 9.24. The zero-order valence-electron chi connectivity index (χ0n) is 18.7. The van der Waals surface area contributed by atoms with Crippen molar-refractivity contribution in [3.05, 3.63) is 106 Å². The number of rotatable bonds is 3. The number of carbonyl (C=O) groups excluding carboxylic acids is 1. The second kappa shape index (κ2) is 9.07. The topological polar surface area (TPSA) is 48.8 Å². The van der Waals surface area contributed by atoms with Crippen molar-refractivity contribution in [3.8, 4) is 0 Å². The maximum Gasteiger partial charge on any atom is 0.269 e. The van der Waals surface area contributed by atoms with Crippen LogP contribution in [0, 0.1) is 0 Å². The molecule has 0 aliphatic carbocycles. The first-order chi connectivity index (χ1) is 17.1. The van der Waals surface area contributed by atoms with Crippen LogP contribution in [0.15, 0.2) is 105 Å². The number of halogens is 1. The lowest BCUT2D eigenvalue weighted by molar-refractivity contribution is -0.122. The first kappa shape index (κ1) is 22.2. The summed E-state index contributed by atoms with van der Waals surface area (Å²) in [6, 6.07) is 25.6. The molecule has 3 heterocycles. The summed E-state index contributed by atoms with van der Waals surface area (Å²) in [6.07, 6.45) is 1.78. The molecule has 6 rings (SSSR count). The van der Waals surface area contributed by atoms with Crippen LogP contribution in [-0.4, -0.2) is 28.0 Å². The van der Waals surface area contributed by atoms with Gasteiger partial charge in [-0.25, -0.2) is 4.99 Å². The first-order valence-electron chi connectivity index (χ1n) is 11.0. The molecule has 1 amide bonds. The number of amidine groups is 1. The predicted molar refractivity (Wildman–Crippen MR) is 146 cm³/mol. The molecular weight excluding hydrogens is 496 g/mol. The number of aliphatic imine (C=N–C) groups is 1. The average molecular weight is 515 g/mol. The van der Waals surface area contributed by atoms with Crippen molar-refractivity contribution in [2.24, 2.45) is 4.99 Å². The van der Waals surface area contributed by atoms with Gasteiger partial charge in [-0.1, -0.05) is 59.8 Å². The largest absolute Gasteiger partial charge is 0.337 e. The van der Waals surface area contributed by atoms with Crippen molar-refractivity contribution in [2.75, 3.05) is 11.9 Å². The summed E-state index contributed by atoms with van der Waals surface area (Å²) in [7, 11) is 1.97. The molecule has 35 heavy (non-hydrogen) atoms. The van der Waals surface area contributed by atoms with Gasteiger partial charge >= 0.3 is 0 Å². The number of thioether (sulfide) groups is 2. The van der Waals surface area contributed by atoms with Crippen molar-refractivity contribution in [3.63, 3.8) is 0 Å². The van der Waals surface area contributed by atoms with E-state index in [9.17, 15) is 4.79 Å². The van der Waals surface area contributed by atoms with Crippen LogP contribution in [-0.2, 0) is 11.3 Å². The highest BCUT2D eigenvalue weighted by molar-refractivity contribution is 8.19. The molecule has 0 unspecified atom stereocenters. The van der Waals surface area contributed by atoms with Crippen molar-refractivity contribution < 1.29 is 4.79 Å². The molecule has 1 aromatic heterocycles. The number of benzene rings is 3. The van der Waals surface area contributed by atoms with Crippen molar-refractivity contribution >= 4 is 68.5 Å². The molecule has 5 nitrogen and oxygen atoms in total. The third-order valence-electron chi connectivity index (χ3n) is 5.85. The van der Waals surface area contributed by atoms with Crippen LogP contribution in [0.4, 0.5) is 11.4 Å². The summed E-state index contributed by atoms with van der Waals surface area (Å²) in [6.45, 7) is 0.449. The molecule has 4 aromatic rings. The van der Waals surface area contributed by atoms with E-state index in [0.717, 1.165) is 37.8 Å². The molecule has 2 aliphatic rings. The number of nitrogens with zero attached hydrogens (tertiary/aromatic N) is 4. The molecule has 0 spiro atoms. The van der Waals surface area contributed by atoms with E-state index in [2.05, 4.69) is 4.98 Å². The molecule has 172 valence electrons. The minimum Gasteiger partial charge on any atom is -0.337 e. The molecular formula is C27H19ClN4OS2. The summed E-state index contributed by atoms with van der Waals surface area (Å²) in [5, 5.41) is 3.23. The van der Waals surface area contributed by atoms with Crippen LogP contribution in [0.2, 0.25) is 5.02 Å². The van der Waals surface area contributed by atoms with Crippen molar-refractivity contribution in [2.45, 2.75) is 11.4 Å². The van der Waals surface area contributed by atoms with Crippen LogP contribution in [0.25, 0.3) is 10.9 Å². The number of anilines is 1. The van der Waals surface area contributed by atoms with Crippen LogP contribution < -0.4 is 4.90 Å². The van der Waals surface area contributed by atoms with E-state index in [0.29, 0.717) is 21.6 Å². The van der Waals surface area contributed by atoms with Gasteiger partial charge in [0.05, 0.1) is 28.5 Å². The van der Waals surface area contributed by atoms with Crippen molar-refractivity contribution in [1.82, 2.24) is 9.88 Å². The maximum atomic E-state index is 13.8. The SMILES string of the molecule is CN1/C(=C2\SC(=Nc3ccc4ncccc4c3)N(Cc3ccccc3)C2=O)Sc2ccc(Cl)cc21. The Bertz CT molecular complexity index is 1540. The van der Waals surface area contributed by atoms with E-state index in [1.54, 1.807) is 22.9 Å². The van der Waals surface area contributed by atoms with Crippen LogP contribution in [0.3, 0.4) is 0 Å². The highest BCUT2D eigenvalue weighted by Crippen LogP contribution is 2.50. The first-order valence-corrected chi connectivity index (χ1v) is 13.0. The minimum absolute atomic E-state index is 0.0479. The third kappa shape index (κ3) is 4.20. The van der Waals surface area contributed by atoms with Crippen LogP contribution in [0.5, 0.6) is 0 Å². The predicted octanol–water partition coefficient (Wildman–Crippen LogP) is 7.06. The van der Waals surface area contributed by atoms with E-state index in [4.69, 9.17) is 16.6 Å². The molecule has 1 fully saturated rings. The fourth-order valence-electron chi connectivity index (χ4n) is 4.09. The van der Waals surface area contributed by atoms with Gasteiger partial charge in [0.1, 0.15) is 4.91 Å². The van der Waals surface area contributed by atoms with Gasteiger partial charge in [-0.05, 0) is 59.8 Å². The highest BCUT2D eigenvalue weighted by Gasteiger charge is 2.39. The Kier molecular flexibility index (Phi) is 5.76. The monoisotopic (exact) mass is 514 g/mol. The van der Waals surface area contributed by atoms with E-state index in [-0.39, 0.29) is 5.91 Å². The summed E-state index contributed by atoms with van der Waals surface area (Å²) in [4.78, 5) is 28.6. The van der Waals surface area contributed by atoms with Gasteiger partial charge in [-0.15, -0.1) is 0 Å². The zero-order valence-corrected chi connectivity index (χ0v) is 21.1. The summed E-state index contributed by atoms with van der Waals surface area (Å²) in [5.41, 5.74) is 3.75. The fraction of sp³-hybridized carbons (Fsp3) is 0.0741. The molecule has 1 saturated heterocycles. The van der Waals surface area contributed by atoms with Gasteiger partial charge in [0.25, 0.3) is 5.91 Å². The Morgan fingerprint density at radius 3 is 2.69 bits per heavy atom. The lowest BCUT2D eigenvalue weighted by Gasteiger charge is -2.17. The lowest BCUT2D eigenvalue weighted by atomic mass is 10.2. The Labute approximate surface area is 216 Å². The van der Waals surface area contributed by atoms with Gasteiger partial charge in [0.15, 0.2) is 5.17 Å². The molecule has 0 N–H and O–H groups in total. The van der Waals surface area contributed by atoms with E-state index >= 15 is 0 Å². The second-order valence-electron chi connectivity index (χ2n) is 8.16. The second-order valence-corrected chi connectivity index (χ2v) is 10.6. The van der Waals surface area contributed by atoms with E-state index in [1.165, 1.54) is 11.8 Å². The number of carbonyl (C=O) groups is 1. The summed E-state index contributed by atoms with van der Waals surface area (Å²) in [5.74, 6) is -0.0479. The number of aromatic nitrogens is 1. The molecule has 0 saturated carbocycles. The zero-order chi connectivity index (χ0) is 23.9. The number of hydrogen-bond acceptors (Lipinski definition) is 6. The van der Waals surface area contributed by atoms with Crippen LogP contribution >= 0.6 is 35.1 Å². The Hall–Kier alpha value is -3.26. The molecule has 3 aromatic carbocycles. The molecule has 8 heteroatoms. The van der Waals surface area contributed by atoms with Gasteiger partial charge < -0.3 is 4.90 Å². The van der Waals surface area contributed by atoms with Gasteiger partial charge in [-0.3, -0.25) is 14.7 Å². The smallest absolute Gasteiger partial charge is 0.269 e. The van der Waals surface area contributed by atoms with Gasteiger partial charge in [-0.2, -0.15) is 0 Å². The molecule has 0 atom stereocenters. The Balaban J connectivity index is 1.42. The molecule has 0 radical (unpaired) electrons. The fourth-order valence-corrected chi connectivity index (χ4v) is 6.58. The molecule has 2 aliphatic heterocycles. The van der Waals surface area contributed by atoms with Gasteiger partial charge in [0, 0.05) is 28.5 Å². The number of amides is 1. The number of fused-ring (bicyclic) bond motifs is 2. The third-order valence-corrected chi connectivity index (χ3v) is 8.51. The minimum atomic E-state index is -0.0479. The normalized spacial score (nSPS) is 18.7. The Morgan fingerprint density at radius 2 is 1.83 bits per heavy atom.